The second kappa shape index (κ2) is 6.46. The third kappa shape index (κ3) is 3.90. The summed E-state index contributed by atoms with van der Waals surface area (Å²) < 4.78 is 0. The number of hydrazine groups is 1. The summed E-state index contributed by atoms with van der Waals surface area (Å²) in [6.07, 6.45) is 1.11. The van der Waals surface area contributed by atoms with Crippen LogP contribution in [0.4, 0.5) is 11.4 Å². The van der Waals surface area contributed by atoms with Gasteiger partial charge in [0.2, 0.25) is 0 Å². The van der Waals surface area contributed by atoms with E-state index < -0.39 is 4.92 Å². The van der Waals surface area contributed by atoms with Crippen LogP contribution in [0.5, 0.6) is 0 Å². The number of nitrogens with zero attached hydrogens (tertiary/aromatic N) is 1. The summed E-state index contributed by atoms with van der Waals surface area (Å²) in [5, 5.41) is 11.3. The van der Waals surface area contributed by atoms with E-state index in [2.05, 4.69) is 19.3 Å². The number of nitro groups is 1. The van der Waals surface area contributed by atoms with Crippen LogP contribution in [0.3, 0.4) is 0 Å². The third-order valence-electron chi connectivity index (χ3n) is 2.52. The maximum atomic E-state index is 10.7. The van der Waals surface area contributed by atoms with Crippen LogP contribution in [0.2, 0.25) is 0 Å². The lowest BCUT2D eigenvalue weighted by atomic mass is 10.2. The molecule has 1 unspecified atom stereocenters. The summed E-state index contributed by atoms with van der Waals surface area (Å²) in [6.45, 7) is 4.30. The van der Waals surface area contributed by atoms with Gasteiger partial charge in [-0.25, -0.2) is 0 Å². The van der Waals surface area contributed by atoms with E-state index >= 15 is 0 Å². The van der Waals surface area contributed by atoms with Gasteiger partial charge in [-0.2, -0.15) is 11.8 Å². The van der Waals surface area contributed by atoms with Crippen LogP contribution in [0.25, 0.3) is 0 Å². The number of hydrogen-bond acceptors (Lipinski definition) is 5. The van der Waals surface area contributed by atoms with Gasteiger partial charge in [-0.1, -0.05) is 19.9 Å². The molecular formula is C11H17N3O2S. The molecule has 0 radical (unpaired) electrons. The van der Waals surface area contributed by atoms with E-state index in [1.807, 2.05) is 11.8 Å². The Balaban J connectivity index is 2.79. The van der Waals surface area contributed by atoms with Crippen LogP contribution in [0, 0.1) is 10.1 Å². The van der Waals surface area contributed by atoms with Crippen molar-refractivity contribution < 1.29 is 4.92 Å². The fraction of sp³-hybridized carbons (Fsp3) is 0.455. The maximum Gasteiger partial charge on any atom is 0.293 e. The topological polar surface area (TPSA) is 81.2 Å². The summed E-state index contributed by atoms with van der Waals surface area (Å²) in [5.74, 6) is 6.11. The lowest BCUT2D eigenvalue weighted by molar-refractivity contribution is -0.384. The van der Waals surface area contributed by atoms with Crippen molar-refractivity contribution in [1.82, 2.24) is 0 Å². The summed E-state index contributed by atoms with van der Waals surface area (Å²) >= 11 is 1.82. The van der Waals surface area contributed by atoms with Crippen LogP contribution in [0.1, 0.15) is 25.8 Å². The van der Waals surface area contributed by atoms with Crippen LogP contribution in [0.15, 0.2) is 18.2 Å². The zero-order valence-electron chi connectivity index (χ0n) is 9.97. The first-order valence-electron chi connectivity index (χ1n) is 5.44. The molecule has 17 heavy (non-hydrogen) atoms. The fourth-order valence-corrected chi connectivity index (χ4v) is 2.20. The van der Waals surface area contributed by atoms with E-state index in [4.69, 9.17) is 5.84 Å². The van der Waals surface area contributed by atoms with Gasteiger partial charge in [0, 0.05) is 17.1 Å². The quantitative estimate of drug-likeness (QED) is 0.464. The van der Waals surface area contributed by atoms with E-state index in [-0.39, 0.29) is 5.69 Å². The molecule has 1 atom stereocenters. The fourth-order valence-electron chi connectivity index (χ4n) is 1.30. The van der Waals surface area contributed by atoms with Crippen LogP contribution < -0.4 is 11.3 Å². The van der Waals surface area contributed by atoms with Gasteiger partial charge in [0.1, 0.15) is 5.69 Å². The molecule has 1 aromatic carbocycles. The molecule has 0 spiro atoms. The number of nitrogens with two attached hydrogens (primary N) is 1. The Morgan fingerprint density at radius 3 is 2.82 bits per heavy atom. The van der Waals surface area contributed by atoms with Gasteiger partial charge in [0.25, 0.3) is 5.69 Å². The molecule has 1 rings (SSSR count). The number of nitro benzene ring substituents is 1. The Bertz CT molecular complexity index is 398. The highest BCUT2D eigenvalue weighted by atomic mass is 32.2. The second-order valence-corrected chi connectivity index (χ2v) is 5.21. The Labute approximate surface area is 105 Å². The molecule has 0 saturated heterocycles. The SMILES string of the molecule is CCC(C)SCc1ccc([N+](=O)[O-])c(NN)c1. The first-order chi connectivity index (χ1) is 8.08. The number of anilines is 1. The Kier molecular flexibility index (Phi) is 5.24. The van der Waals surface area contributed by atoms with Gasteiger partial charge in [0.05, 0.1) is 4.92 Å². The number of thioether (sulfide) groups is 1. The van der Waals surface area contributed by atoms with Gasteiger partial charge in [-0.05, 0) is 18.1 Å². The molecule has 0 heterocycles. The highest BCUT2D eigenvalue weighted by Gasteiger charge is 2.13. The molecule has 3 N–H and O–H groups in total. The highest BCUT2D eigenvalue weighted by molar-refractivity contribution is 7.99. The maximum absolute atomic E-state index is 10.7. The average molecular weight is 255 g/mol. The zero-order chi connectivity index (χ0) is 12.8. The van der Waals surface area contributed by atoms with Gasteiger partial charge >= 0.3 is 0 Å². The lowest BCUT2D eigenvalue weighted by Gasteiger charge is -2.09. The van der Waals surface area contributed by atoms with E-state index in [0.29, 0.717) is 10.9 Å². The monoisotopic (exact) mass is 255 g/mol. The number of benzene rings is 1. The van der Waals surface area contributed by atoms with Gasteiger partial charge in [-0.15, -0.1) is 0 Å². The highest BCUT2D eigenvalue weighted by Crippen LogP contribution is 2.27. The molecule has 0 bridgehead atoms. The van der Waals surface area contributed by atoms with Crippen molar-refractivity contribution in [3.05, 3.63) is 33.9 Å². The molecule has 0 amide bonds. The van der Waals surface area contributed by atoms with Crippen LogP contribution >= 0.6 is 11.8 Å². The largest absolute Gasteiger partial charge is 0.318 e. The molecule has 0 aliphatic carbocycles. The van der Waals surface area contributed by atoms with Crippen molar-refractivity contribution in [2.75, 3.05) is 5.43 Å². The summed E-state index contributed by atoms with van der Waals surface area (Å²) in [6, 6.07) is 4.99. The van der Waals surface area contributed by atoms with E-state index in [0.717, 1.165) is 17.7 Å². The number of rotatable bonds is 6. The predicted octanol–water partition coefficient (Wildman–Crippen LogP) is 2.91. The minimum absolute atomic E-state index is 0.00444. The second-order valence-electron chi connectivity index (χ2n) is 3.78. The first kappa shape index (κ1) is 13.8. The molecule has 0 fully saturated rings. The van der Waals surface area contributed by atoms with Crippen molar-refractivity contribution in [3.8, 4) is 0 Å². The lowest BCUT2D eigenvalue weighted by Crippen LogP contribution is -2.09. The molecular weight excluding hydrogens is 238 g/mol. The normalized spacial score (nSPS) is 12.2. The molecule has 0 aliphatic heterocycles. The third-order valence-corrected chi connectivity index (χ3v) is 3.92. The molecule has 6 heteroatoms. The van der Waals surface area contributed by atoms with E-state index in [9.17, 15) is 10.1 Å². The Hall–Kier alpha value is -1.27. The molecule has 0 saturated carbocycles. The van der Waals surface area contributed by atoms with Gasteiger partial charge in [0.15, 0.2) is 0 Å². The minimum Gasteiger partial charge on any atom is -0.318 e. The predicted molar refractivity (Wildman–Crippen MR) is 72.0 cm³/mol. The van der Waals surface area contributed by atoms with Crippen molar-refractivity contribution in [1.29, 1.82) is 0 Å². The molecule has 1 aromatic rings. The van der Waals surface area contributed by atoms with Gasteiger partial charge in [-0.3, -0.25) is 16.0 Å². The first-order valence-corrected chi connectivity index (χ1v) is 6.48. The van der Waals surface area contributed by atoms with E-state index in [1.165, 1.54) is 6.07 Å². The average Bonchev–Trinajstić information content (AvgIpc) is 2.35. The Morgan fingerprint density at radius 2 is 2.29 bits per heavy atom. The van der Waals surface area contributed by atoms with Crippen molar-refractivity contribution >= 4 is 23.1 Å². The zero-order valence-corrected chi connectivity index (χ0v) is 10.8. The van der Waals surface area contributed by atoms with Crippen molar-refractivity contribution in [2.45, 2.75) is 31.3 Å². The molecule has 5 nitrogen and oxygen atoms in total. The van der Waals surface area contributed by atoms with E-state index in [1.54, 1.807) is 12.1 Å². The molecule has 0 aromatic heterocycles. The smallest absolute Gasteiger partial charge is 0.293 e. The summed E-state index contributed by atoms with van der Waals surface area (Å²) in [4.78, 5) is 10.3. The summed E-state index contributed by atoms with van der Waals surface area (Å²) in [5.41, 5.74) is 3.77. The molecule has 94 valence electrons. The number of nitrogen functional groups attached to an aromatic ring is 1. The van der Waals surface area contributed by atoms with Crippen LogP contribution in [-0.2, 0) is 5.75 Å². The Morgan fingerprint density at radius 1 is 1.59 bits per heavy atom. The number of nitrogens with one attached hydrogen (secondary N) is 1. The summed E-state index contributed by atoms with van der Waals surface area (Å²) in [7, 11) is 0. The molecule has 0 aliphatic rings. The van der Waals surface area contributed by atoms with Crippen molar-refractivity contribution in [3.63, 3.8) is 0 Å². The van der Waals surface area contributed by atoms with Gasteiger partial charge < -0.3 is 5.43 Å². The van der Waals surface area contributed by atoms with Crippen molar-refractivity contribution in [2.24, 2.45) is 5.84 Å². The number of hydrogen-bond donors (Lipinski definition) is 2. The minimum atomic E-state index is -0.444. The van der Waals surface area contributed by atoms with Crippen LogP contribution in [-0.4, -0.2) is 10.2 Å². The standard InChI is InChI=1S/C11H17N3O2S/c1-3-8(2)17-7-9-4-5-11(14(15)16)10(6-9)13-12/h4-6,8,13H,3,7,12H2,1-2H3.